The molecule has 10 rings (SSSR count). The van der Waals surface area contributed by atoms with Crippen LogP contribution in [0.25, 0.3) is 0 Å². The Morgan fingerprint density at radius 3 is 1.73 bits per heavy atom. The van der Waals surface area contributed by atoms with Crippen molar-refractivity contribution < 1.29 is 38.4 Å². The lowest BCUT2D eigenvalue weighted by Gasteiger charge is -2.61. The van der Waals surface area contributed by atoms with Gasteiger partial charge in [-0.3, -0.25) is 20.2 Å². The van der Waals surface area contributed by atoms with E-state index < -0.39 is 39.1 Å². The number of hydrogen-bond acceptors (Lipinski definition) is 10. The summed E-state index contributed by atoms with van der Waals surface area (Å²) in [5.74, 6) is -0.776. The van der Waals surface area contributed by atoms with Gasteiger partial charge in [0.15, 0.2) is 5.79 Å². The summed E-state index contributed by atoms with van der Waals surface area (Å²) in [6, 6.07) is 33.4. The fourth-order valence-electron chi connectivity index (χ4n) is 12.6. The number of fused-ring (bicyclic) bond motifs is 7. The van der Waals surface area contributed by atoms with Gasteiger partial charge in [0.2, 0.25) is 0 Å². The fraction of sp³-hybridized carbons (Fsp3) is 0.481. The van der Waals surface area contributed by atoms with Gasteiger partial charge in [-0.05, 0) is 113 Å². The number of ether oxygens (including phenoxy) is 4. The molecular formula is C54H62N2O10. The van der Waals surface area contributed by atoms with Crippen molar-refractivity contribution >= 4 is 23.3 Å². The first-order valence-corrected chi connectivity index (χ1v) is 23.5. The van der Waals surface area contributed by atoms with Crippen molar-refractivity contribution in [1.29, 1.82) is 0 Å². The Bertz CT molecular complexity index is 2400. The van der Waals surface area contributed by atoms with Crippen LogP contribution in [-0.2, 0) is 18.9 Å². The van der Waals surface area contributed by atoms with Crippen LogP contribution in [0, 0.1) is 67.6 Å². The van der Waals surface area contributed by atoms with Gasteiger partial charge in [-0.25, -0.2) is 9.59 Å². The molecular weight excluding hydrogens is 837 g/mol. The van der Waals surface area contributed by atoms with E-state index in [-0.39, 0.29) is 69.8 Å². The summed E-state index contributed by atoms with van der Waals surface area (Å²) in [6.45, 7) is 13.2. The van der Waals surface area contributed by atoms with Crippen LogP contribution in [0.3, 0.4) is 0 Å². The Labute approximate surface area is 387 Å². The number of hydrogen-bond donors (Lipinski definition) is 0. The summed E-state index contributed by atoms with van der Waals surface area (Å²) in [6.07, 6.45) is 8.05. The molecule has 0 radical (unpaired) electrons. The number of non-ortho nitro benzene ring substituents is 2. The lowest BCUT2D eigenvalue weighted by molar-refractivity contribution is -0.385. The van der Waals surface area contributed by atoms with Crippen LogP contribution < -0.4 is 0 Å². The normalized spacial score (nSPS) is 33.2. The molecule has 3 saturated carbocycles. The van der Waals surface area contributed by atoms with Gasteiger partial charge in [0, 0.05) is 47.9 Å². The van der Waals surface area contributed by atoms with Crippen molar-refractivity contribution in [2.45, 2.75) is 123 Å². The van der Waals surface area contributed by atoms with Crippen molar-refractivity contribution in [3.63, 3.8) is 0 Å². The summed E-state index contributed by atoms with van der Waals surface area (Å²) in [4.78, 5) is 48.4. The molecule has 2 heterocycles. The molecule has 4 aromatic rings. The standard InChI is InChI=1S/C41H48N2O10.C7H8.C6H6/c1-23-35-33(52-41(23)19-18-38(2,3)53-41)21-32-30-15-10-26-20-29(50-36(44)24-6-11-27(12-7-24)42(46)47)16-17-39(26,4)31(30)22-34(40(32,35)5)51-37(45)25-8-13-28(14-9-25)43(48)49;1-7-5-3-2-4-6-7;1-2-4-6-5-3-1/h6-9,11-14,21,23,26,29-31,33-35H,10,15-20,22H2,1-5H3;2-6H,1H3;1-6H/t23-,26-,29-,30+,31-,33-,34+,35-,39-,40+,41-;;/m0../s1. The Morgan fingerprint density at radius 1 is 0.682 bits per heavy atom. The number of carbonyl (C=O) groups excluding carboxylic acids is 2. The largest absolute Gasteiger partial charge is 0.459 e. The van der Waals surface area contributed by atoms with E-state index >= 15 is 0 Å². The Hall–Kier alpha value is -5.72. The smallest absolute Gasteiger partial charge is 0.338 e. The molecule has 4 aromatic carbocycles. The van der Waals surface area contributed by atoms with Crippen molar-refractivity contribution in [3.05, 3.63) is 164 Å². The molecule has 0 N–H and O–H groups in total. The zero-order valence-electron chi connectivity index (χ0n) is 38.8. The second kappa shape index (κ2) is 18.5. The highest BCUT2D eigenvalue weighted by Gasteiger charge is 2.70. The van der Waals surface area contributed by atoms with Crippen LogP contribution in [0.5, 0.6) is 0 Å². The molecule has 348 valence electrons. The van der Waals surface area contributed by atoms with Gasteiger partial charge in [-0.15, -0.1) is 0 Å². The predicted molar refractivity (Wildman–Crippen MR) is 249 cm³/mol. The van der Waals surface area contributed by atoms with Crippen molar-refractivity contribution in [1.82, 2.24) is 0 Å². The maximum absolute atomic E-state index is 13.9. The molecule has 0 unspecified atom stereocenters. The third-order valence-corrected chi connectivity index (χ3v) is 16.0. The van der Waals surface area contributed by atoms with Gasteiger partial charge in [0.1, 0.15) is 12.2 Å². The van der Waals surface area contributed by atoms with Crippen molar-refractivity contribution in [3.8, 4) is 0 Å². The summed E-state index contributed by atoms with van der Waals surface area (Å²) < 4.78 is 26.2. The molecule has 5 fully saturated rings. The van der Waals surface area contributed by atoms with E-state index in [1.165, 1.54) is 59.7 Å². The molecule has 6 aliphatic rings. The lowest BCUT2D eigenvalue weighted by atomic mass is 9.45. The third kappa shape index (κ3) is 9.06. The maximum Gasteiger partial charge on any atom is 0.338 e. The Balaban J connectivity index is 0.000000392. The monoisotopic (exact) mass is 898 g/mol. The summed E-state index contributed by atoms with van der Waals surface area (Å²) in [7, 11) is 0. The number of esters is 2. The highest BCUT2D eigenvalue weighted by atomic mass is 16.7. The average molecular weight is 899 g/mol. The quantitative estimate of drug-likeness (QED) is 0.0789. The summed E-state index contributed by atoms with van der Waals surface area (Å²) in [5.41, 5.74) is 2.16. The molecule has 66 heavy (non-hydrogen) atoms. The molecule has 0 aromatic heterocycles. The minimum Gasteiger partial charge on any atom is -0.459 e. The SMILES string of the molecule is C[C@H]1[C@H]2[C@H](C=C3[C@@H]4CC[C@H]5C[C@@H](OC(=O)c6ccc([N+](=O)[O-])cc6)CC[C@]5(C)[C@H]4C[C@@H](OC(=O)c4ccc([N+](=O)[O-])cc4)[C@@]32C)O[C@]12CCC(C)(C)O2.Cc1ccccc1.c1ccccc1. The van der Waals surface area contributed by atoms with Crippen molar-refractivity contribution in [2.24, 2.45) is 40.4 Å². The topological polar surface area (TPSA) is 157 Å². The van der Waals surface area contributed by atoms with E-state index in [9.17, 15) is 29.8 Å². The molecule has 12 nitrogen and oxygen atoms in total. The first-order valence-electron chi connectivity index (χ1n) is 23.5. The van der Waals surface area contributed by atoms with Crippen LogP contribution in [0.1, 0.15) is 112 Å². The number of carbonyl (C=O) groups is 2. The first-order chi connectivity index (χ1) is 31.4. The second-order valence-electron chi connectivity index (χ2n) is 20.3. The first kappa shape index (κ1) is 46.8. The van der Waals surface area contributed by atoms with Crippen LogP contribution in [0.15, 0.2) is 127 Å². The Morgan fingerprint density at radius 2 is 1.23 bits per heavy atom. The highest BCUT2D eigenvalue weighted by Crippen LogP contribution is 2.70. The average Bonchev–Trinajstić information content (AvgIpc) is 3.90. The van der Waals surface area contributed by atoms with E-state index in [2.05, 4.69) is 59.8 Å². The molecule has 11 atom stereocenters. The van der Waals surface area contributed by atoms with E-state index in [0.717, 1.165) is 38.5 Å². The molecule has 12 heteroatoms. The van der Waals surface area contributed by atoms with Gasteiger partial charge in [-0.2, -0.15) is 0 Å². The second-order valence-corrected chi connectivity index (χ2v) is 20.3. The van der Waals surface area contributed by atoms with E-state index in [1.54, 1.807) is 0 Å². The molecule has 4 aliphatic carbocycles. The molecule has 0 bridgehead atoms. The van der Waals surface area contributed by atoms with Crippen molar-refractivity contribution in [2.75, 3.05) is 0 Å². The molecule has 2 aliphatic heterocycles. The van der Waals surface area contributed by atoms with Gasteiger partial charge < -0.3 is 18.9 Å². The molecule has 2 saturated heterocycles. The Kier molecular flexibility index (Phi) is 13.1. The third-order valence-electron chi connectivity index (χ3n) is 16.0. The lowest BCUT2D eigenvalue weighted by Crippen LogP contribution is -2.58. The maximum atomic E-state index is 13.9. The van der Waals surface area contributed by atoms with Crippen LogP contribution in [0.4, 0.5) is 11.4 Å². The minimum atomic E-state index is -0.693. The zero-order valence-corrected chi connectivity index (χ0v) is 38.8. The van der Waals surface area contributed by atoms with E-state index in [4.69, 9.17) is 18.9 Å². The predicted octanol–water partition coefficient (Wildman–Crippen LogP) is 12.1. The van der Waals surface area contributed by atoms with Gasteiger partial charge in [-0.1, -0.05) is 105 Å². The minimum absolute atomic E-state index is 0.0436. The number of benzene rings is 4. The summed E-state index contributed by atoms with van der Waals surface area (Å²) in [5, 5.41) is 22.4. The number of nitro benzene ring substituents is 2. The van der Waals surface area contributed by atoms with E-state index in [0.29, 0.717) is 18.4 Å². The molecule has 0 amide bonds. The van der Waals surface area contributed by atoms with Gasteiger partial charge in [0.05, 0.1) is 32.7 Å². The molecule has 1 spiro atoms. The number of rotatable bonds is 6. The van der Waals surface area contributed by atoms with Gasteiger partial charge >= 0.3 is 11.9 Å². The number of nitro groups is 2. The van der Waals surface area contributed by atoms with E-state index in [1.807, 2.05) is 54.6 Å². The van der Waals surface area contributed by atoms with Crippen LogP contribution in [0.2, 0.25) is 0 Å². The number of aryl methyl sites for hydroxylation is 1. The highest BCUT2D eigenvalue weighted by molar-refractivity contribution is 5.90. The fourth-order valence-corrected chi connectivity index (χ4v) is 12.6. The zero-order chi connectivity index (χ0) is 47.0. The summed E-state index contributed by atoms with van der Waals surface area (Å²) >= 11 is 0. The van der Waals surface area contributed by atoms with Crippen LogP contribution in [-0.4, -0.2) is 51.5 Å². The van der Waals surface area contributed by atoms with Gasteiger partial charge in [0.25, 0.3) is 11.4 Å². The number of nitrogens with zero attached hydrogens (tertiary/aromatic N) is 2. The van der Waals surface area contributed by atoms with Crippen LogP contribution >= 0.6 is 0 Å².